The number of likely N-dealkylation sites (N-methyl/N-ethyl adjacent to an activating group) is 1. The Morgan fingerprint density at radius 3 is 2.52 bits per heavy atom. The van der Waals surface area contributed by atoms with Crippen molar-refractivity contribution in [3.05, 3.63) is 95.1 Å². The van der Waals surface area contributed by atoms with Crippen molar-refractivity contribution in [2.75, 3.05) is 24.4 Å². The van der Waals surface area contributed by atoms with Crippen molar-refractivity contribution in [2.24, 2.45) is 0 Å². The van der Waals surface area contributed by atoms with Gasteiger partial charge in [-0.05, 0) is 75.2 Å². The van der Waals surface area contributed by atoms with E-state index in [0.29, 0.717) is 45.3 Å². The summed E-state index contributed by atoms with van der Waals surface area (Å²) in [5.41, 5.74) is 4.44. The van der Waals surface area contributed by atoms with Gasteiger partial charge in [-0.15, -0.1) is 0 Å². The van der Waals surface area contributed by atoms with Gasteiger partial charge in [-0.25, -0.2) is 9.18 Å². The summed E-state index contributed by atoms with van der Waals surface area (Å²) < 4.78 is 31.6. The second kappa shape index (κ2) is 11.2. The van der Waals surface area contributed by atoms with Crippen molar-refractivity contribution in [1.29, 1.82) is 0 Å². The van der Waals surface area contributed by atoms with Crippen molar-refractivity contribution in [1.82, 2.24) is 4.98 Å². The number of carbonyl (C=O) groups is 2. The number of halogens is 1. The summed E-state index contributed by atoms with van der Waals surface area (Å²) in [6, 6.07) is 16.6. The second-order valence-electron chi connectivity index (χ2n) is 10.7. The Morgan fingerprint density at radius 1 is 1.02 bits per heavy atom. The summed E-state index contributed by atoms with van der Waals surface area (Å²) in [6.07, 6.45) is 1.61. The Bertz CT molecular complexity index is 1700. The van der Waals surface area contributed by atoms with Crippen LogP contribution in [0.5, 0.6) is 17.2 Å². The number of aromatic nitrogens is 1. The predicted octanol–water partition coefficient (Wildman–Crippen LogP) is 6.48. The van der Waals surface area contributed by atoms with Gasteiger partial charge in [0, 0.05) is 36.5 Å². The molecule has 1 amide bonds. The van der Waals surface area contributed by atoms with Crippen molar-refractivity contribution < 1.29 is 28.2 Å². The number of nitrogens with zero attached hydrogens (tertiary/aromatic N) is 2. The first-order valence-electron chi connectivity index (χ1n) is 13.4. The molecule has 9 heteroatoms. The molecule has 2 heterocycles. The zero-order valence-electron chi connectivity index (χ0n) is 24.4. The number of hydrogen-bond donors (Lipinski definition) is 1. The minimum Gasteiger partial charge on any atom is -0.496 e. The zero-order valence-corrected chi connectivity index (χ0v) is 24.4. The summed E-state index contributed by atoms with van der Waals surface area (Å²) >= 11 is 0. The van der Waals surface area contributed by atoms with Gasteiger partial charge < -0.3 is 24.4 Å². The van der Waals surface area contributed by atoms with E-state index in [1.807, 2.05) is 32.9 Å². The molecule has 0 atom stereocenters. The highest BCUT2D eigenvalue weighted by Crippen LogP contribution is 2.45. The molecule has 0 radical (unpaired) electrons. The number of methoxy groups -OCH3 is 1. The number of hydrogen-bond acceptors (Lipinski definition) is 7. The molecule has 0 aliphatic carbocycles. The first kappa shape index (κ1) is 28.6. The van der Waals surface area contributed by atoms with Crippen molar-refractivity contribution in [3.8, 4) is 28.4 Å². The molecule has 216 valence electrons. The lowest BCUT2D eigenvalue weighted by atomic mass is 9.91. The molecule has 4 aromatic rings. The number of ether oxygens (including phenoxy) is 3. The van der Waals surface area contributed by atoms with Gasteiger partial charge in [0.05, 0.1) is 29.7 Å². The molecule has 1 aromatic heterocycles. The van der Waals surface area contributed by atoms with Crippen LogP contribution in [-0.2, 0) is 11.4 Å². The highest BCUT2D eigenvalue weighted by molar-refractivity contribution is 6.08. The monoisotopic (exact) mass is 569 g/mol. The molecule has 0 fully saturated rings. The Hall–Kier alpha value is -4.92. The number of esters is 1. The molecular formula is C33H32FN3O5. The lowest BCUT2D eigenvalue weighted by molar-refractivity contribution is -0.121. The molecule has 0 saturated carbocycles. The van der Waals surface area contributed by atoms with Crippen LogP contribution in [0.25, 0.3) is 11.1 Å². The van der Waals surface area contributed by atoms with Gasteiger partial charge in [-0.1, -0.05) is 12.1 Å². The van der Waals surface area contributed by atoms with E-state index in [0.717, 1.165) is 16.8 Å². The number of rotatable bonds is 7. The number of carbonyl (C=O) groups excluding carboxylic acids is 2. The summed E-state index contributed by atoms with van der Waals surface area (Å²) in [4.78, 5) is 31.9. The Kier molecular flexibility index (Phi) is 7.60. The number of anilines is 2. The molecule has 42 heavy (non-hydrogen) atoms. The molecule has 0 spiro atoms. The normalized spacial score (nSPS) is 13.7. The van der Waals surface area contributed by atoms with E-state index in [2.05, 4.69) is 10.3 Å². The van der Waals surface area contributed by atoms with Gasteiger partial charge >= 0.3 is 5.97 Å². The number of aryl methyl sites for hydroxylation is 2. The first-order chi connectivity index (χ1) is 20.0. The molecule has 0 unspecified atom stereocenters. The largest absolute Gasteiger partial charge is 0.496 e. The van der Waals surface area contributed by atoms with Gasteiger partial charge in [0.15, 0.2) is 0 Å². The van der Waals surface area contributed by atoms with Crippen molar-refractivity contribution in [3.63, 3.8) is 0 Å². The Morgan fingerprint density at radius 2 is 1.79 bits per heavy atom. The van der Waals surface area contributed by atoms with Gasteiger partial charge in [-0.2, -0.15) is 0 Å². The molecule has 5 rings (SSSR count). The van der Waals surface area contributed by atoms with Crippen molar-refractivity contribution in [2.45, 2.75) is 39.8 Å². The van der Waals surface area contributed by atoms with E-state index in [1.54, 1.807) is 61.5 Å². The van der Waals surface area contributed by atoms with E-state index >= 15 is 0 Å². The van der Waals surface area contributed by atoms with E-state index in [9.17, 15) is 14.0 Å². The van der Waals surface area contributed by atoms with Gasteiger partial charge in [-0.3, -0.25) is 9.78 Å². The number of fused-ring (bicyclic) bond motifs is 1. The predicted molar refractivity (Wildman–Crippen MR) is 159 cm³/mol. The Labute approximate surface area is 244 Å². The fourth-order valence-corrected chi connectivity index (χ4v) is 5.13. The van der Waals surface area contributed by atoms with Gasteiger partial charge in [0.1, 0.15) is 35.2 Å². The third kappa shape index (κ3) is 5.37. The molecule has 0 bridgehead atoms. The van der Waals surface area contributed by atoms with Crippen molar-refractivity contribution >= 4 is 23.3 Å². The molecule has 8 nitrogen and oxygen atoms in total. The summed E-state index contributed by atoms with van der Waals surface area (Å²) in [5, 5.41) is 3.33. The second-order valence-corrected chi connectivity index (χ2v) is 10.7. The fourth-order valence-electron chi connectivity index (χ4n) is 5.13. The molecular weight excluding hydrogens is 537 g/mol. The highest BCUT2D eigenvalue weighted by Gasteiger charge is 2.38. The van der Waals surface area contributed by atoms with E-state index in [4.69, 9.17) is 14.2 Å². The zero-order chi connectivity index (χ0) is 30.2. The maximum atomic E-state index is 14.0. The third-order valence-corrected chi connectivity index (χ3v) is 7.33. The fraction of sp³-hybridized carbons (Fsp3) is 0.242. The summed E-state index contributed by atoms with van der Waals surface area (Å²) in [6.45, 7) is 7.27. The van der Waals surface area contributed by atoms with E-state index < -0.39 is 17.3 Å². The molecule has 1 aliphatic heterocycles. The van der Waals surface area contributed by atoms with Crippen LogP contribution in [-0.4, -0.2) is 36.6 Å². The van der Waals surface area contributed by atoms with Crippen LogP contribution in [0.4, 0.5) is 15.8 Å². The minimum absolute atomic E-state index is 0.0443. The van der Waals surface area contributed by atoms with Crippen LogP contribution in [0.2, 0.25) is 0 Å². The average molecular weight is 570 g/mol. The number of pyridine rings is 1. The van der Waals surface area contributed by atoms with E-state index in [-0.39, 0.29) is 12.5 Å². The maximum absolute atomic E-state index is 14.0. The summed E-state index contributed by atoms with van der Waals surface area (Å²) in [5.74, 6) is 0.0920. The van der Waals surface area contributed by atoms with Crippen LogP contribution in [0, 0.1) is 19.7 Å². The smallest absolute Gasteiger partial charge is 0.345 e. The third-order valence-electron chi connectivity index (χ3n) is 7.33. The van der Waals surface area contributed by atoms with Crippen LogP contribution in [0.1, 0.15) is 41.0 Å². The van der Waals surface area contributed by atoms with Gasteiger partial charge in [0.2, 0.25) is 0 Å². The first-order valence-corrected chi connectivity index (χ1v) is 13.4. The van der Waals surface area contributed by atoms with Crippen LogP contribution < -0.4 is 24.4 Å². The highest BCUT2D eigenvalue weighted by atomic mass is 19.1. The number of amides is 1. The average Bonchev–Trinajstić information content (AvgIpc) is 2.96. The standard InChI is InChI=1S/C33H32FN3O5/c1-19-9-10-21(34)16-28(19)41-18-26-24(13-14-27-30(26)37(5)32(39)33(3,4)36-27)25-12-11-22(17-29(25)40-6)42-31(38)23-8-7-15-35-20(23)2/h7-17,36H,18H2,1-6H3. The molecule has 0 saturated heterocycles. The molecule has 1 aliphatic rings. The molecule has 3 aromatic carbocycles. The van der Waals surface area contributed by atoms with E-state index in [1.165, 1.54) is 19.2 Å². The van der Waals surface area contributed by atoms with Gasteiger partial charge in [0.25, 0.3) is 5.91 Å². The maximum Gasteiger partial charge on any atom is 0.345 e. The van der Waals surface area contributed by atoms with Crippen LogP contribution in [0.15, 0.2) is 66.9 Å². The van der Waals surface area contributed by atoms with Crippen LogP contribution in [0.3, 0.4) is 0 Å². The Balaban J connectivity index is 1.58. The summed E-state index contributed by atoms with van der Waals surface area (Å²) in [7, 11) is 3.25. The number of benzene rings is 3. The number of nitrogens with one attached hydrogen (secondary N) is 1. The lowest BCUT2D eigenvalue weighted by Gasteiger charge is -2.39. The minimum atomic E-state index is -0.809. The quantitative estimate of drug-likeness (QED) is 0.201. The molecule has 1 N–H and O–H groups in total. The SMILES string of the molecule is COc1cc(OC(=O)c2cccnc2C)ccc1-c1ccc2c(c1COc1cc(F)ccc1C)N(C)C(=O)C(C)(C)N2. The van der Waals surface area contributed by atoms with Crippen LogP contribution >= 0.6 is 0 Å². The lowest BCUT2D eigenvalue weighted by Crippen LogP contribution is -2.52. The topological polar surface area (TPSA) is 90.0 Å².